The summed E-state index contributed by atoms with van der Waals surface area (Å²) >= 11 is 1.48. The Morgan fingerprint density at radius 1 is 1.43 bits per heavy atom. The number of furan rings is 1. The molecule has 7 heteroatoms. The van der Waals surface area contributed by atoms with Crippen LogP contribution in [0, 0.1) is 6.92 Å². The number of carbonyl (C=O) groups is 1. The lowest BCUT2D eigenvalue weighted by atomic mass is 10.2. The Balaban J connectivity index is 1.67. The van der Waals surface area contributed by atoms with E-state index in [4.69, 9.17) is 4.42 Å². The van der Waals surface area contributed by atoms with Gasteiger partial charge in [0.25, 0.3) is 5.91 Å². The zero-order valence-corrected chi connectivity index (χ0v) is 14.2. The van der Waals surface area contributed by atoms with E-state index in [9.17, 15) is 9.90 Å². The van der Waals surface area contributed by atoms with E-state index in [0.717, 1.165) is 23.0 Å². The number of aliphatic hydroxyl groups excluding tert-OH is 1. The largest absolute Gasteiger partial charge is 0.462 e. The number of piperazine rings is 1. The molecule has 0 spiro atoms. The maximum atomic E-state index is 12.7. The molecule has 1 aliphatic rings. The van der Waals surface area contributed by atoms with Crippen LogP contribution >= 0.6 is 11.3 Å². The van der Waals surface area contributed by atoms with Gasteiger partial charge in [-0.2, -0.15) is 0 Å². The Kier molecular flexibility index (Phi) is 4.79. The van der Waals surface area contributed by atoms with Gasteiger partial charge in [-0.25, -0.2) is 4.98 Å². The van der Waals surface area contributed by atoms with Crippen LogP contribution in [0.2, 0.25) is 0 Å². The van der Waals surface area contributed by atoms with Gasteiger partial charge in [-0.05, 0) is 26.0 Å². The van der Waals surface area contributed by atoms with Crippen molar-refractivity contribution in [3.63, 3.8) is 0 Å². The third kappa shape index (κ3) is 3.63. The quantitative estimate of drug-likeness (QED) is 0.923. The van der Waals surface area contributed by atoms with Crippen LogP contribution in [-0.4, -0.2) is 64.6 Å². The van der Waals surface area contributed by atoms with E-state index in [1.807, 2.05) is 24.0 Å². The maximum Gasteiger partial charge on any atom is 0.273 e. The monoisotopic (exact) mass is 335 g/mol. The SMILES string of the molecule is Cc1sc(-c2ccco2)nc1C(=O)N1CCN(CC(C)O)CC1. The molecule has 1 unspecified atom stereocenters. The zero-order chi connectivity index (χ0) is 16.4. The minimum atomic E-state index is -0.339. The van der Waals surface area contributed by atoms with Gasteiger partial charge in [0, 0.05) is 37.6 Å². The van der Waals surface area contributed by atoms with Gasteiger partial charge >= 0.3 is 0 Å². The molecule has 1 N–H and O–H groups in total. The topological polar surface area (TPSA) is 69.8 Å². The lowest BCUT2D eigenvalue weighted by molar-refractivity contribution is 0.0549. The van der Waals surface area contributed by atoms with Crippen LogP contribution in [0.1, 0.15) is 22.3 Å². The lowest BCUT2D eigenvalue weighted by Gasteiger charge is -2.35. The molecule has 0 saturated carbocycles. The van der Waals surface area contributed by atoms with Crippen LogP contribution in [0.5, 0.6) is 0 Å². The van der Waals surface area contributed by atoms with Gasteiger partial charge < -0.3 is 14.4 Å². The summed E-state index contributed by atoms with van der Waals surface area (Å²) in [7, 11) is 0. The lowest BCUT2D eigenvalue weighted by Crippen LogP contribution is -2.50. The fourth-order valence-electron chi connectivity index (χ4n) is 2.76. The third-order valence-corrected chi connectivity index (χ3v) is 4.90. The molecule has 1 aliphatic heterocycles. The molecule has 0 radical (unpaired) electrons. The average Bonchev–Trinajstić information content (AvgIpc) is 3.16. The number of amides is 1. The van der Waals surface area contributed by atoms with Gasteiger partial charge in [-0.3, -0.25) is 9.69 Å². The number of aromatic nitrogens is 1. The van der Waals surface area contributed by atoms with E-state index in [1.54, 1.807) is 13.2 Å². The molecule has 23 heavy (non-hydrogen) atoms. The highest BCUT2D eigenvalue weighted by Crippen LogP contribution is 2.28. The molecule has 1 fully saturated rings. The van der Waals surface area contributed by atoms with Crippen LogP contribution in [0.4, 0.5) is 0 Å². The van der Waals surface area contributed by atoms with Crippen LogP contribution in [0.25, 0.3) is 10.8 Å². The molecule has 6 nitrogen and oxygen atoms in total. The minimum Gasteiger partial charge on any atom is -0.462 e. The summed E-state index contributed by atoms with van der Waals surface area (Å²) < 4.78 is 5.36. The number of rotatable bonds is 4. The Morgan fingerprint density at radius 2 is 2.17 bits per heavy atom. The number of β-amino-alcohol motifs (C(OH)–C–C–N with tert-alkyl or cyclic N) is 1. The number of nitrogens with zero attached hydrogens (tertiary/aromatic N) is 3. The van der Waals surface area contributed by atoms with Crippen molar-refractivity contribution >= 4 is 17.2 Å². The minimum absolute atomic E-state index is 0.0201. The van der Waals surface area contributed by atoms with E-state index in [-0.39, 0.29) is 12.0 Å². The summed E-state index contributed by atoms with van der Waals surface area (Å²) in [6.45, 7) is 7.25. The second-order valence-electron chi connectivity index (χ2n) is 5.84. The molecule has 124 valence electrons. The molecule has 2 aromatic rings. The predicted molar refractivity (Wildman–Crippen MR) is 88.6 cm³/mol. The highest BCUT2D eigenvalue weighted by molar-refractivity contribution is 7.15. The molecule has 0 aliphatic carbocycles. The number of hydrogen-bond donors (Lipinski definition) is 1. The van der Waals surface area contributed by atoms with E-state index >= 15 is 0 Å². The van der Waals surface area contributed by atoms with Crippen molar-refractivity contribution in [3.8, 4) is 10.8 Å². The van der Waals surface area contributed by atoms with Gasteiger partial charge in [0.2, 0.25) is 0 Å². The van der Waals surface area contributed by atoms with Crippen molar-refractivity contribution < 1.29 is 14.3 Å². The van der Waals surface area contributed by atoms with Crippen LogP contribution in [0.3, 0.4) is 0 Å². The zero-order valence-electron chi connectivity index (χ0n) is 13.4. The normalized spacial score (nSPS) is 17.4. The molecule has 1 amide bonds. The number of carbonyl (C=O) groups excluding carboxylic acids is 1. The smallest absolute Gasteiger partial charge is 0.273 e. The summed E-state index contributed by atoms with van der Waals surface area (Å²) in [6.07, 6.45) is 1.27. The van der Waals surface area contributed by atoms with Gasteiger partial charge in [0.15, 0.2) is 10.8 Å². The second-order valence-corrected chi connectivity index (χ2v) is 7.05. The molecule has 3 rings (SSSR count). The van der Waals surface area contributed by atoms with Crippen LogP contribution < -0.4 is 0 Å². The summed E-state index contributed by atoms with van der Waals surface area (Å²) in [5.74, 6) is 0.673. The van der Waals surface area contributed by atoms with Crippen LogP contribution in [-0.2, 0) is 0 Å². The Bertz CT molecular complexity index is 658. The number of aliphatic hydroxyl groups is 1. The molecule has 1 atom stereocenters. The Labute approximate surface area is 139 Å². The van der Waals surface area contributed by atoms with Crippen LogP contribution in [0.15, 0.2) is 22.8 Å². The standard InChI is InChI=1S/C16H21N3O3S/c1-11(20)10-18-5-7-19(8-6-18)16(21)14-12(2)23-15(17-14)13-4-3-9-22-13/h3-4,9,11,20H,5-8,10H2,1-2H3. The molecule has 3 heterocycles. The highest BCUT2D eigenvalue weighted by Gasteiger charge is 2.26. The van der Waals surface area contributed by atoms with Crippen molar-refractivity contribution in [1.29, 1.82) is 0 Å². The van der Waals surface area contributed by atoms with Crippen molar-refractivity contribution in [1.82, 2.24) is 14.8 Å². The average molecular weight is 335 g/mol. The number of aryl methyl sites for hydroxylation is 1. The first kappa shape index (κ1) is 16.2. The first-order valence-electron chi connectivity index (χ1n) is 7.75. The fourth-order valence-corrected chi connectivity index (χ4v) is 3.63. The Morgan fingerprint density at radius 3 is 2.78 bits per heavy atom. The summed E-state index contributed by atoms with van der Waals surface area (Å²) in [6, 6.07) is 3.66. The molecular formula is C16H21N3O3S. The highest BCUT2D eigenvalue weighted by atomic mass is 32.1. The van der Waals surface area contributed by atoms with Crippen molar-refractivity contribution in [2.45, 2.75) is 20.0 Å². The molecule has 0 bridgehead atoms. The summed E-state index contributed by atoms with van der Waals surface area (Å²) in [5, 5.41) is 10.2. The van der Waals surface area contributed by atoms with Gasteiger partial charge in [-0.15, -0.1) is 11.3 Å². The molecular weight excluding hydrogens is 314 g/mol. The fraction of sp³-hybridized carbons (Fsp3) is 0.500. The molecule has 2 aromatic heterocycles. The molecule has 1 saturated heterocycles. The maximum absolute atomic E-state index is 12.7. The first-order valence-corrected chi connectivity index (χ1v) is 8.57. The second kappa shape index (κ2) is 6.82. The van der Waals surface area contributed by atoms with Gasteiger partial charge in [0.1, 0.15) is 5.69 Å². The third-order valence-electron chi connectivity index (χ3n) is 3.91. The van der Waals surface area contributed by atoms with Gasteiger partial charge in [-0.1, -0.05) is 0 Å². The van der Waals surface area contributed by atoms with Crippen molar-refractivity contribution in [2.24, 2.45) is 0 Å². The number of hydrogen-bond acceptors (Lipinski definition) is 6. The van der Waals surface area contributed by atoms with Crippen molar-refractivity contribution in [2.75, 3.05) is 32.7 Å². The Hall–Kier alpha value is -1.70. The summed E-state index contributed by atoms with van der Waals surface area (Å²) in [5.41, 5.74) is 0.519. The van der Waals surface area contributed by atoms with Crippen molar-refractivity contribution in [3.05, 3.63) is 29.0 Å². The van der Waals surface area contributed by atoms with Gasteiger partial charge in [0.05, 0.1) is 12.4 Å². The van der Waals surface area contributed by atoms with E-state index < -0.39 is 0 Å². The molecule has 0 aromatic carbocycles. The van der Waals surface area contributed by atoms with E-state index in [2.05, 4.69) is 9.88 Å². The van der Waals surface area contributed by atoms with E-state index in [1.165, 1.54) is 11.3 Å². The predicted octanol–water partition coefficient (Wildman–Crippen LogP) is 1.85. The number of thiazole rings is 1. The first-order chi connectivity index (χ1) is 11.0. The summed E-state index contributed by atoms with van der Waals surface area (Å²) in [4.78, 5) is 22.1. The van der Waals surface area contributed by atoms with E-state index in [0.29, 0.717) is 31.1 Å².